The summed E-state index contributed by atoms with van der Waals surface area (Å²) in [4.78, 5) is 13.1. The molecule has 5 atom stereocenters. The number of ether oxygens (including phenoxy) is 1. The molecule has 2 bridgehead atoms. The molecular formula is C17H21ClN4O2. The van der Waals surface area contributed by atoms with Crippen LogP contribution in [0.3, 0.4) is 0 Å². The molecule has 0 radical (unpaired) electrons. The van der Waals surface area contributed by atoms with Crippen molar-refractivity contribution >= 4 is 28.9 Å². The molecule has 5 rings (SSSR count). The van der Waals surface area contributed by atoms with Crippen molar-refractivity contribution in [2.75, 3.05) is 0 Å². The van der Waals surface area contributed by atoms with Crippen LogP contribution in [0.4, 0.5) is 5.82 Å². The predicted octanol–water partition coefficient (Wildman–Crippen LogP) is 4.07. The predicted molar refractivity (Wildman–Crippen MR) is 93.2 cm³/mol. The summed E-state index contributed by atoms with van der Waals surface area (Å²) in [5, 5.41) is 10.8. The van der Waals surface area contributed by atoms with Crippen molar-refractivity contribution in [2.24, 2.45) is 21.8 Å². The minimum absolute atomic E-state index is 0.0000154. The highest BCUT2D eigenvalue weighted by molar-refractivity contribution is 6.65. The lowest BCUT2D eigenvalue weighted by atomic mass is 9.62. The van der Waals surface area contributed by atoms with Crippen molar-refractivity contribution in [1.29, 1.82) is 0 Å². The number of fused-ring (bicyclic) bond motifs is 2. The summed E-state index contributed by atoms with van der Waals surface area (Å²) in [6.45, 7) is 6.15. The molecule has 6 nitrogen and oxygen atoms in total. The van der Waals surface area contributed by atoms with E-state index < -0.39 is 0 Å². The maximum Gasteiger partial charge on any atom is 0.224 e. The van der Waals surface area contributed by atoms with Gasteiger partial charge >= 0.3 is 0 Å². The zero-order chi connectivity index (χ0) is 17.0. The lowest BCUT2D eigenvalue weighted by Gasteiger charge is -2.55. The monoisotopic (exact) mass is 348 g/mol. The van der Waals surface area contributed by atoms with Crippen LogP contribution in [0.25, 0.3) is 0 Å². The van der Waals surface area contributed by atoms with Crippen molar-refractivity contribution in [3.63, 3.8) is 0 Å². The summed E-state index contributed by atoms with van der Waals surface area (Å²) >= 11 is 6.08. The number of allylic oxidation sites excluding steroid dienone is 2. The van der Waals surface area contributed by atoms with Gasteiger partial charge < -0.3 is 14.4 Å². The Morgan fingerprint density at radius 2 is 2.17 bits per heavy atom. The fourth-order valence-electron chi connectivity index (χ4n) is 4.17. The molecular weight excluding hydrogens is 328 g/mol. The van der Waals surface area contributed by atoms with Crippen LogP contribution in [0.5, 0.6) is 0 Å². The average Bonchev–Trinajstić information content (AvgIpc) is 2.89. The van der Waals surface area contributed by atoms with Crippen molar-refractivity contribution < 1.29 is 9.84 Å². The molecule has 4 heterocycles. The standard InChI is InChI=1S/C17H21ClN4O2/c1-4-9-11-13(15(9)24-10(5-2)14(11)23)22-7-20-12-8(3)6-19-17(18)21-16(12)22/h6-9,11,13,15,23H,4-5H2,1-3H3/t8?,9?,11?,13-,15?/m0/s1. The Kier molecular flexibility index (Phi) is 3.67. The second-order valence-corrected chi connectivity index (χ2v) is 6.98. The van der Waals surface area contributed by atoms with Crippen LogP contribution < -0.4 is 0 Å². The van der Waals surface area contributed by atoms with Gasteiger partial charge in [-0.25, -0.2) is 9.98 Å². The molecule has 3 aliphatic heterocycles. The Hall–Kier alpha value is -1.82. The molecule has 4 aliphatic rings. The third-order valence-electron chi connectivity index (χ3n) is 5.41. The van der Waals surface area contributed by atoms with Gasteiger partial charge in [0.1, 0.15) is 17.6 Å². The van der Waals surface area contributed by atoms with E-state index in [9.17, 15) is 5.11 Å². The molecule has 0 spiro atoms. The van der Waals surface area contributed by atoms with E-state index in [1.165, 1.54) is 0 Å². The third kappa shape index (κ3) is 2.05. The molecule has 0 saturated heterocycles. The zero-order valence-electron chi connectivity index (χ0n) is 14.0. The number of amidine groups is 1. The van der Waals surface area contributed by atoms with E-state index in [-0.39, 0.29) is 29.3 Å². The van der Waals surface area contributed by atoms with Crippen LogP contribution in [0.15, 0.2) is 27.8 Å². The Morgan fingerprint density at radius 3 is 2.83 bits per heavy atom. The van der Waals surface area contributed by atoms with Gasteiger partial charge in [-0.2, -0.15) is 4.99 Å². The first kappa shape index (κ1) is 15.7. The van der Waals surface area contributed by atoms with Crippen LogP contribution in [0.1, 0.15) is 51.3 Å². The van der Waals surface area contributed by atoms with Crippen LogP contribution in [0.2, 0.25) is 0 Å². The van der Waals surface area contributed by atoms with E-state index in [1.807, 2.05) is 18.4 Å². The van der Waals surface area contributed by atoms with Gasteiger partial charge in [-0.3, -0.25) is 0 Å². The number of aromatic nitrogens is 2. The first-order chi connectivity index (χ1) is 11.6. The molecule has 4 unspecified atom stereocenters. The third-order valence-corrected chi connectivity index (χ3v) is 5.59. The van der Waals surface area contributed by atoms with Crippen molar-refractivity contribution in [1.82, 2.24) is 9.55 Å². The molecule has 1 fully saturated rings. The minimum Gasteiger partial charge on any atom is -0.508 e. The molecule has 1 aromatic rings. The highest BCUT2D eigenvalue weighted by Gasteiger charge is 2.58. The summed E-state index contributed by atoms with van der Waals surface area (Å²) in [5.41, 5.74) is 0.853. The summed E-state index contributed by atoms with van der Waals surface area (Å²) in [6, 6.07) is 0.0000154. The Labute approximate surface area is 145 Å². The summed E-state index contributed by atoms with van der Waals surface area (Å²) in [5.74, 6) is 2.23. The van der Waals surface area contributed by atoms with Gasteiger partial charge in [-0.15, -0.1) is 0 Å². The second-order valence-electron chi connectivity index (χ2n) is 6.64. The highest BCUT2D eigenvalue weighted by atomic mass is 35.5. The number of aliphatic hydroxyl groups excluding tert-OH is 1. The molecule has 0 aromatic carbocycles. The molecule has 7 heteroatoms. The molecule has 0 amide bonds. The van der Waals surface area contributed by atoms with Crippen LogP contribution in [-0.4, -0.2) is 32.3 Å². The van der Waals surface area contributed by atoms with E-state index >= 15 is 0 Å². The first-order valence-electron chi connectivity index (χ1n) is 8.50. The smallest absolute Gasteiger partial charge is 0.224 e. The molecule has 1 aromatic heterocycles. The summed E-state index contributed by atoms with van der Waals surface area (Å²) in [6.07, 6.45) is 5.26. The lowest BCUT2D eigenvalue weighted by Crippen LogP contribution is -2.56. The SMILES string of the molecule is CCC1=C(O)C2C(CC)C(O1)[C@H]2n1cnc2c1N=C(Cl)N=CC2C. The van der Waals surface area contributed by atoms with Gasteiger partial charge in [-0.05, 0) is 18.0 Å². The van der Waals surface area contributed by atoms with E-state index in [0.717, 1.165) is 23.7 Å². The number of nitrogens with zero attached hydrogens (tertiary/aromatic N) is 4. The van der Waals surface area contributed by atoms with E-state index in [1.54, 1.807) is 12.5 Å². The molecule has 128 valence electrons. The fraction of sp³-hybridized carbons (Fsp3) is 0.588. The second kappa shape index (κ2) is 5.62. The molecule has 1 N–H and O–H groups in total. The number of aliphatic hydroxyl groups is 1. The van der Waals surface area contributed by atoms with Gasteiger partial charge in [0.15, 0.2) is 5.82 Å². The largest absolute Gasteiger partial charge is 0.508 e. The lowest BCUT2D eigenvalue weighted by molar-refractivity contribution is -0.141. The van der Waals surface area contributed by atoms with Crippen molar-refractivity contribution in [3.8, 4) is 0 Å². The molecule has 24 heavy (non-hydrogen) atoms. The quantitative estimate of drug-likeness (QED) is 0.837. The number of imidazole rings is 1. The minimum atomic E-state index is 0.0000154. The highest BCUT2D eigenvalue weighted by Crippen LogP contribution is 2.57. The van der Waals surface area contributed by atoms with Gasteiger partial charge in [0, 0.05) is 24.5 Å². The van der Waals surface area contributed by atoms with Crippen LogP contribution in [-0.2, 0) is 4.74 Å². The maximum absolute atomic E-state index is 10.6. The number of hydrogen-bond acceptors (Lipinski definition) is 5. The normalized spacial score (nSPS) is 34.2. The number of halogens is 1. The van der Waals surface area contributed by atoms with E-state index in [4.69, 9.17) is 16.3 Å². The van der Waals surface area contributed by atoms with Crippen LogP contribution in [0, 0.1) is 11.8 Å². The Balaban J connectivity index is 1.78. The molecule has 1 saturated carbocycles. The number of hydrogen-bond donors (Lipinski definition) is 1. The van der Waals surface area contributed by atoms with Gasteiger partial charge in [0.2, 0.25) is 5.29 Å². The van der Waals surface area contributed by atoms with Gasteiger partial charge in [0.05, 0.1) is 24.0 Å². The number of rotatable bonds is 3. The average molecular weight is 349 g/mol. The van der Waals surface area contributed by atoms with Gasteiger partial charge in [0.25, 0.3) is 0 Å². The Bertz CT molecular complexity index is 767. The number of aliphatic imine (C=N–C) groups is 2. The van der Waals surface area contributed by atoms with Crippen molar-refractivity contribution in [3.05, 3.63) is 23.5 Å². The topological polar surface area (TPSA) is 72.0 Å². The van der Waals surface area contributed by atoms with Crippen LogP contribution >= 0.6 is 11.6 Å². The maximum atomic E-state index is 10.6. The van der Waals surface area contributed by atoms with Crippen molar-refractivity contribution in [2.45, 2.75) is 51.7 Å². The summed E-state index contributed by atoms with van der Waals surface area (Å²) < 4.78 is 8.10. The van der Waals surface area contributed by atoms with Gasteiger partial charge in [-0.1, -0.05) is 20.8 Å². The zero-order valence-corrected chi connectivity index (χ0v) is 14.7. The first-order valence-corrected chi connectivity index (χ1v) is 8.88. The Morgan fingerprint density at radius 1 is 1.38 bits per heavy atom. The van der Waals surface area contributed by atoms with E-state index in [2.05, 4.69) is 21.9 Å². The fourth-order valence-corrected chi connectivity index (χ4v) is 4.30. The van der Waals surface area contributed by atoms with E-state index in [0.29, 0.717) is 18.1 Å². The molecule has 1 aliphatic carbocycles. The summed E-state index contributed by atoms with van der Waals surface area (Å²) in [7, 11) is 0.